The minimum Gasteiger partial charge on any atom is -0.312 e. The third-order valence-corrected chi connectivity index (χ3v) is 5.76. The van der Waals surface area contributed by atoms with Crippen LogP contribution in [0.3, 0.4) is 0 Å². The number of halogens is 1. The number of carbonyl (C=O) groups excluding carboxylic acids is 3. The Balaban J connectivity index is 1.81. The molecule has 132 valence electrons. The Labute approximate surface area is 150 Å². The molecule has 4 rings (SSSR count). The number of nitrogens with one attached hydrogen (secondary N) is 2. The lowest BCUT2D eigenvalue weighted by Gasteiger charge is -2.28. The van der Waals surface area contributed by atoms with Crippen molar-refractivity contribution in [2.75, 3.05) is 11.4 Å². The maximum atomic E-state index is 13.3. The van der Waals surface area contributed by atoms with Crippen LogP contribution in [-0.4, -0.2) is 24.4 Å². The number of hydrogen-bond donors (Lipinski definition) is 2. The summed E-state index contributed by atoms with van der Waals surface area (Å²) in [5.41, 5.74) is 0.327. The van der Waals surface area contributed by atoms with E-state index in [1.54, 1.807) is 17.0 Å². The van der Waals surface area contributed by atoms with Gasteiger partial charge in [-0.1, -0.05) is 30.9 Å². The first-order chi connectivity index (χ1) is 11.9. The summed E-state index contributed by atoms with van der Waals surface area (Å²) in [7, 11) is 0. The van der Waals surface area contributed by atoms with E-state index in [1.807, 2.05) is 6.92 Å². The molecular weight excluding hydrogens is 342 g/mol. The molecular formula is C18H20ClN3O3. The molecule has 1 spiro atoms. The second-order valence-corrected chi connectivity index (χ2v) is 7.63. The van der Waals surface area contributed by atoms with Gasteiger partial charge < -0.3 is 10.2 Å². The Bertz CT molecular complexity index is 788. The van der Waals surface area contributed by atoms with Crippen LogP contribution in [0.4, 0.5) is 10.5 Å². The fourth-order valence-corrected chi connectivity index (χ4v) is 4.67. The fourth-order valence-electron chi connectivity index (χ4n) is 4.40. The molecule has 2 aliphatic heterocycles. The van der Waals surface area contributed by atoms with E-state index in [4.69, 9.17) is 11.6 Å². The molecule has 1 atom stereocenters. The highest BCUT2D eigenvalue weighted by Crippen LogP contribution is 2.46. The molecule has 7 heteroatoms. The van der Waals surface area contributed by atoms with Crippen LogP contribution in [0.15, 0.2) is 12.1 Å². The summed E-state index contributed by atoms with van der Waals surface area (Å²) < 4.78 is 0. The molecule has 0 bridgehead atoms. The molecule has 1 aromatic rings. The Morgan fingerprint density at radius 3 is 2.56 bits per heavy atom. The lowest BCUT2D eigenvalue weighted by Crippen LogP contribution is -2.53. The largest absolute Gasteiger partial charge is 0.323 e. The van der Waals surface area contributed by atoms with Crippen LogP contribution in [0, 0.1) is 12.8 Å². The number of urea groups is 1. The predicted molar refractivity (Wildman–Crippen MR) is 93.5 cm³/mol. The average Bonchev–Trinajstić information content (AvgIpc) is 2.99. The lowest BCUT2D eigenvalue weighted by molar-refractivity contribution is -0.134. The van der Waals surface area contributed by atoms with Crippen LogP contribution < -0.4 is 15.5 Å². The molecule has 0 radical (unpaired) electrons. The van der Waals surface area contributed by atoms with E-state index in [2.05, 4.69) is 10.6 Å². The van der Waals surface area contributed by atoms with Crippen molar-refractivity contribution in [3.05, 3.63) is 28.3 Å². The first-order valence-electron chi connectivity index (χ1n) is 8.69. The van der Waals surface area contributed by atoms with Crippen LogP contribution in [0.1, 0.15) is 43.2 Å². The highest BCUT2D eigenvalue weighted by atomic mass is 35.5. The van der Waals surface area contributed by atoms with E-state index in [9.17, 15) is 14.4 Å². The van der Waals surface area contributed by atoms with Crippen molar-refractivity contribution in [2.24, 2.45) is 5.92 Å². The molecule has 2 fully saturated rings. The first kappa shape index (κ1) is 16.4. The second-order valence-electron chi connectivity index (χ2n) is 7.20. The van der Waals surface area contributed by atoms with Gasteiger partial charge in [-0.3, -0.25) is 14.9 Å². The summed E-state index contributed by atoms with van der Waals surface area (Å²) in [6.45, 7) is 2.44. The third-order valence-electron chi connectivity index (χ3n) is 5.54. The molecule has 2 heterocycles. The van der Waals surface area contributed by atoms with Crippen molar-refractivity contribution in [3.63, 3.8) is 0 Å². The predicted octanol–water partition coefficient (Wildman–Crippen LogP) is 2.61. The van der Waals surface area contributed by atoms with Gasteiger partial charge in [-0.15, -0.1) is 0 Å². The molecule has 1 aliphatic carbocycles. The van der Waals surface area contributed by atoms with Crippen LogP contribution in [-0.2, 0) is 15.1 Å². The summed E-state index contributed by atoms with van der Waals surface area (Å²) in [5, 5.41) is 5.20. The summed E-state index contributed by atoms with van der Waals surface area (Å²) in [6, 6.07) is 2.75. The zero-order valence-electron chi connectivity index (χ0n) is 14.0. The number of carbonyl (C=O) groups is 3. The smallest absolute Gasteiger partial charge is 0.312 e. The average molecular weight is 362 g/mol. The van der Waals surface area contributed by atoms with Gasteiger partial charge in [0.25, 0.3) is 11.8 Å². The van der Waals surface area contributed by atoms with Gasteiger partial charge >= 0.3 is 6.03 Å². The molecule has 1 aromatic carbocycles. The van der Waals surface area contributed by atoms with E-state index in [1.165, 1.54) is 19.3 Å². The topological polar surface area (TPSA) is 78.5 Å². The van der Waals surface area contributed by atoms with Gasteiger partial charge in [-0.25, -0.2) is 4.79 Å². The minimum atomic E-state index is -1.68. The molecule has 1 unspecified atom stereocenters. The zero-order valence-corrected chi connectivity index (χ0v) is 14.8. The molecule has 3 aliphatic rings. The van der Waals surface area contributed by atoms with E-state index >= 15 is 0 Å². The lowest BCUT2D eigenvalue weighted by atomic mass is 9.89. The molecule has 2 N–H and O–H groups in total. The van der Waals surface area contributed by atoms with Crippen molar-refractivity contribution in [3.8, 4) is 0 Å². The van der Waals surface area contributed by atoms with Crippen LogP contribution >= 0.6 is 11.6 Å². The Morgan fingerprint density at radius 2 is 1.92 bits per heavy atom. The number of imide groups is 1. The van der Waals surface area contributed by atoms with Crippen molar-refractivity contribution in [2.45, 2.75) is 44.6 Å². The maximum absolute atomic E-state index is 13.3. The standard InChI is InChI=1S/C18H20ClN3O3/c1-10-7-12(19)8-13-14(10)22(9-11-5-3-2-4-6-11)16(24)18(13)15(23)20-17(25)21-18/h7-8,11H,2-6,9H2,1H3,(H2,20,21,23,25). The second kappa shape index (κ2) is 5.73. The highest BCUT2D eigenvalue weighted by molar-refractivity contribution is 6.32. The van der Waals surface area contributed by atoms with E-state index in [0.29, 0.717) is 28.7 Å². The van der Waals surface area contributed by atoms with Crippen LogP contribution in [0.2, 0.25) is 5.02 Å². The molecule has 6 nitrogen and oxygen atoms in total. The van der Waals surface area contributed by atoms with Crippen molar-refractivity contribution in [1.82, 2.24) is 10.6 Å². The summed E-state index contributed by atoms with van der Waals surface area (Å²) in [5.74, 6) is -0.603. The molecule has 4 amide bonds. The number of benzene rings is 1. The SMILES string of the molecule is Cc1cc(Cl)cc2c1N(CC1CCCCC1)C(=O)C21NC(=O)NC1=O. The number of nitrogens with zero attached hydrogens (tertiary/aromatic N) is 1. The number of rotatable bonds is 2. The number of anilines is 1. The van der Waals surface area contributed by atoms with Gasteiger partial charge in [-0.05, 0) is 43.4 Å². The number of fused-ring (bicyclic) bond motifs is 2. The highest BCUT2D eigenvalue weighted by Gasteiger charge is 2.61. The zero-order chi connectivity index (χ0) is 17.8. The van der Waals surface area contributed by atoms with E-state index in [0.717, 1.165) is 18.4 Å². The van der Waals surface area contributed by atoms with Gasteiger partial charge in [0.05, 0.1) is 5.69 Å². The third kappa shape index (κ3) is 2.34. The van der Waals surface area contributed by atoms with Gasteiger partial charge in [0.2, 0.25) is 5.54 Å². The van der Waals surface area contributed by atoms with Gasteiger partial charge in [-0.2, -0.15) is 0 Å². The fraction of sp³-hybridized carbons (Fsp3) is 0.500. The number of aryl methyl sites for hydroxylation is 1. The molecule has 1 saturated heterocycles. The Hall–Kier alpha value is -2.08. The normalized spacial score (nSPS) is 26.2. The van der Waals surface area contributed by atoms with Gasteiger partial charge in [0.1, 0.15) is 0 Å². The van der Waals surface area contributed by atoms with Gasteiger partial charge in [0.15, 0.2) is 0 Å². The quantitative estimate of drug-likeness (QED) is 0.627. The monoisotopic (exact) mass is 361 g/mol. The molecule has 0 aromatic heterocycles. The van der Waals surface area contributed by atoms with Crippen molar-refractivity contribution in [1.29, 1.82) is 0 Å². The Morgan fingerprint density at radius 1 is 1.20 bits per heavy atom. The van der Waals surface area contributed by atoms with E-state index in [-0.39, 0.29) is 5.91 Å². The van der Waals surface area contributed by atoms with Gasteiger partial charge in [0, 0.05) is 17.1 Å². The molecule has 25 heavy (non-hydrogen) atoms. The summed E-state index contributed by atoms with van der Waals surface area (Å²) >= 11 is 6.19. The maximum Gasteiger partial charge on any atom is 0.323 e. The summed E-state index contributed by atoms with van der Waals surface area (Å²) in [6.07, 6.45) is 5.73. The number of hydrogen-bond acceptors (Lipinski definition) is 3. The minimum absolute atomic E-state index is 0.387. The number of amides is 4. The van der Waals surface area contributed by atoms with Crippen LogP contribution in [0.25, 0.3) is 0 Å². The summed E-state index contributed by atoms with van der Waals surface area (Å²) in [4.78, 5) is 39.3. The van der Waals surface area contributed by atoms with Crippen molar-refractivity contribution < 1.29 is 14.4 Å². The van der Waals surface area contributed by atoms with Crippen LogP contribution in [0.5, 0.6) is 0 Å². The molecule has 1 saturated carbocycles. The van der Waals surface area contributed by atoms with E-state index < -0.39 is 17.5 Å². The Kier molecular flexibility index (Phi) is 3.76. The first-order valence-corrected chi connectivity index (χ1v) is 9.07. The van der Waals surface area contributed by atoms with Crippen molar-refractivity contribution >= 4 is 35.1 Å².